The first-order chi connectivity index (χ1) is 9.49. The molecule has 0 aromatic heterocycles. The smallest absolute Gasteiger partial charge is 0.251 e. The van der Waals surface area contributed by atoms with E-state index in [-0.39, 0.29) is 11.7 Å². The van der Waals surface area contributed by atoms with Crippen molar-refractivity contribution in [1.82, 2.24) is 5.32 Å². The zero-order chi connectivity index (χ0) is 14.7. The van der Waals surface area contributed by atoms with E-state index in [0.717, 1.165) is 0 Å². The summed E-state index contributed by atoms with van der Waals surface area (Å²) in [6.45, 7) is 1.72. The number of amides is 1. The van der Waals surface area contributed by atoms with Crippen LogP contribution in [0.2, 0.25) is 5.02 Å². The van der Waals surface area contributed by atoms with E-state index >= 15 is 0 Å². The summed E-state index contributed by atoms with van der Waals surface area (Å²) in [6.07, 6.45) is 0. The van der Waals surface area contributed by atoms with Crippen LogP contribution >= 0.6 is 11.6 Å². The van der Waals surface area contributed by atoms with E-state index < -0.39 is 6.04 Å². The van der Waals surface area contributed by atoms with Crippen LogP contribution in [-0.4, -0.2) is 5.91 Å². The molecule has 20 heavy (non-hydrogen) atoms. The van der Waals surface area contributed by atoms with E-state index in [4.69, 9.17) is 17.3 Å². The number of rotatable bonds is 3. The van der Waals surface area contributed by atoms with Gasteiger partial charge < -0.3 is 11.1 Å². The highest BCUT2D eigenvalue weighted by molar-refractivity contribution is 6.33. The molecule has 0 aliphatic carbocycles. The molecular weight excluding hydrogens is 279 g/mol. The van der Waals surface area contributed by atoms with Gasteiger partial charge in [-0.2, -0.15) is 0 Å². The molecule has 0 aliphatic rings. The van der Waals surface area contributed by atoms with Gasteiger partial charge in [0.05, 0.1) is 16.8 Å². The number of nitrogens with two attached hydrogens (primary N) is 1. The molecule has 0 aliphatic heterocycles. The highest BCUT2D eigenvalue weighted by Crippen LogP contribution is 2.21. The Morgan fingerprint density at radius 3 is 2.65 bits per heavy atom. The van der Waals surface area contributed by atoms with Gasteiger partial charge >= 0.3 is 0 Å². The highest BCUT2D eigenvalue weighted by atomic mass is 35.5. The number of halogens is 2. The molecule has 3 N–H and O–H groups in total. The van der Waals surface area contributed by atoms with E-state index in [9.17, 15) is 9.18 Å². The minimum atomic E-state index is -0.444. The summed E-state index contributed by atoms with van der Waals surface area (Å²) >= 11 is 5.80. The Hall–Kier alpha value is -2.07. The summed E-state index contributed by atoms with van der Waals surface area (Å²) < 4.78 is 13.6. The van der Waals surface area contributed by atoms with Crippen LogP contribution in [0.25, 0.3) is 0 Å². The standard InChI is InChI=1S/C15H14ClFN2O/c1-9(11-4-2-3-5-13(11)17)19-15(20)10-6-7-12(16)14(18)8-10/h2-9H,18H2,1H3,(H,19,20). The summed E-state index contributed by atoms with van der Waals surface area (Å²) in [5.41, 5.74) is 6.80. The van der Waals surface area contributed by atoms with E-state index in [0.29, 0.717) is 21.8 Å². The molecule has 1 atom stereocenters. The number of carbonyl (C=O) groups is 1. The Bertz CT molecular complexity index is 646. The molecule has 0 fully saturated rings. The largest absolute Gasteiger partial charge is 0.398 e. The SMILES string of the molecule is CC(NC(=O)c1ccc(Cl)c(N)c1)c1ccccc1F. The first-order valence-corrected chi connectivity index (χ1v) is 6.47. The van der Waals surface area contributed by atoms with E-state index in [2.05, 4.69) is 5.32 Å². The Balaban J connectivity index is 2.15. The van der Waals surface area contributed by atoms with Gasteiger partial charge in [0.2, 0.25) is 0 Å². The first-order valence-electron chi connectivity index (χ1n) is 6.09. The molecule has 5 heteroatoms. The van der Waals surface area contributed by atoms with Crippen LogP contribution in [0.15, 0.2) is 42.5 Å². The molecule has 2 rings (SSSR count). The van der Waals surface area contributed by atoms with Crippen molar-refractivity contribution in [3.05, 3.63) is 64.4 Å². The summed E-state index contributed by atoms with van der Waals surface area (Å²) in [5, 5.41) is 3.11. The van der Waals surface area contributed by atoms with Gasteiger partial charge in [-0.15, -0.1) is 0 Å². The number of hydrogen-bond donors (Lipinski definition) is 2. The van der Waals surface area contributed by atoms with Gasteiger partial charge in [-0.3, -0.25) is 4.79 Å². The lowest BCUT2D eigenvalue weighted by Crippen LogP contribution is -2.27. The summed E-state index contributed by atoms with van der Waals surface area (Å²) in [4.78, 5) is 12.1. The van der Waals surface area contributed by atoms with Crippen molar-refractivity contribution in [1.29, 1.82) is 0 Å². The average Bonchev–Trinajstić information content (AvgIpc) is 2.42. The lowest BCUT2D eigenvalue weighted by atomic mass is 10.1. The summed E-state index contributed by atoms with van der Waals surface area (Å²) in [7, 11) is 0. The van der Waals surface area contributed by atoms with Gasteiger partial charge in [-0.25, -0.2) is 4.39 Å². The van der Waals surface area contributed by atoms with Crippen LogP contribution in [0.5, 0.6) is 0 Å². The predicted octanol–water partition coefficient (Wildman–Crippen LogP) is 3.55. The molecule has 0 bridgehead atoms. The monoisotopic (exact) mass is 292 g/mol. The van der Waals surface area contributed by atoms with Gasteiger partial charge in [-0.05, 0) is 31.2 Å². The zero-order valence-electron chi connectivity index (χ0n) is 10.9. The summed E-state index contributed by atoms with van der Waals surface area (Å²) in [5.74, 6) is -0.681. The minimum absolute atomic E-state index is 0.330. The van der Waals surface area contributed by atoms with E-state index in [1.165, 1.54) is 12.1 Å². The van der Waals surface area contributed by atoms with Crippen molar-refractivity contribution < 1.29 is 9.18 Å². The highest BCUT2D eigenvalue weighted by Gasteiger charge is 2.14. The van der Waals surface area contributed by atoms with Crippen LogP contribution in [0.1, 0.15) is 28.9 Å². The molecule has 104 valence electrons. The lowest BCUT2D eigenvalue weighted by Gasteiger charge is -2.15. The van der Waals surface area contributed by atoms with Gasteiger partial charge in [0.1, 0.15) is 5.82 Å². The third-order valence-electron chi connectivity index (χ3n) is 2.98. The fraction of sp³-hybridized carbons (Fsp3) is 0.133. The maximum Gasteiger partial charge on any atom is 0.251 e. The maximum atomic E-state index is 13.6. The van der Waals surface area contributed by atoms with E-state index in [1.807, 2.05) is 0 Å². The Morgan fingerprint density at radius 1 is 1.30 bits per heavy atom. The van der Waals surface area contributed by atoms with Gasteiger partial charge in [0, 0.05) is 11.1 Å². The molecule has 1 unspecified atom stereocenters. The fourth-order valence-corrected chi connectivity index (χ4v) is 1.99. The Labute approximate surface area is 121 Å². The number of nitrogen functional groups attached to an aromatic ring is 1. The minimum Gasteiger partial charge on any atom is -0.398 e. The van der Waals surface area contributed by atoms with Crippen LogP contribution in [0, 0.1) is 5.82 Å². The second-order valence-corrected chi connectivity index (χ2v) is 4.86. The van der Waals surface area contributed by atoms with Crippen LogP contribution in [-0.2, 0) is 0 Å². The number of nitrogens with one attached hydrogen (secondary N) is 1. The Kier molecular flexibility index (Phi) is 4.25. The fourth-order valence-electron chi connectivity index (χ4n) is 1.87. The average molecular weight is 293 g/mol. The third kappa shape index (κ3) is 3.08. The molecule has 0 saturated carbocycles. The van der Waals surface area contributed by atoms with E-state index in [1.54, 1.807) is 37.3 Å². The topological polar surface area (TPSA) is 55.1 Å². The second-order valence-electron chi connectivity index (χ2n) is 4.45. The lowest BCUT2D eigenvalue weighted by molar-refractivity contribution is 0.0939. The number of benzene rings is 2. The van der Waals surface area contributed by atoms with Crippen molar-refractivity contribution >= 4 is 23.2 Å². The molecule has 2 aromatic carbocycles. The quantitative estimate of drug-likeness (QED) is 0.850. The molecule has 0 heterocycles. The number of hydrogen-bond acceptors (Lipinski definition) is 2. The van der Waals surface area contributed by atoms with Crippen molar-refractivity contribution in [2.24, 2.45) is 0 Å². The van der Waals surface area contributed by atoms with Crippen molar-refractivity contribution in [2.75, 3.05) is 5.73 Å². The number of carbonyl (C=O) groups excluding carboxylic acids is 1. The van der Waals surface area contributed by atoms with Crippen LogP contribution in [0.4, 0.5) is 10.1 Å². The molecular formula is C15H14ClFN2O. The molecule has 0 spiro atoms. The Morgan fingerprint density at radius 2 is 2.00 bits per heavy atom. The molecule has 2 aromatic rings. The van der Waals surface area contributed by atoms with Crippen LogP contribution in [0.3, 0.4) is 0 Å². The second kappa shape index (κ2) is 5.92. The third-order valence-corrected chi connectivity index (χ3v) is 3.32. The van der Waals surface area contributed by atoms with Gasteiger partial charge in [0.25, 0.3) is 5.91 Å². The molecule has 0 saturated heterocycles. The first kappa shape index (κ1) is 14.3. The summed E-state index contributed by atoms with van der Waals surface area (Å²) in [6, 6.07) is 10.5. The molecule has 1 amide bonds. The van der Waals surface area contributed by atoms with Gasteiger partial charge in [-0.1, -0.05) is 29.8 Å². The van der Waals surface area contributed by atoms with Gasteiger partial charge in [0.15, 0.2) is 0 Å². The zero-order valence-corrected chi connectivity index (χ0v) is 11.6. The molecule has 0 radical (unpaired) electrons. The van der Waals surface area contributed by atoms with Crippen molar-refractivity contribution in [2.45, 2.75) is 13.0 Å². The van der Waals surface area contributed by atoms with Crippen LogP contribution < -0.4 is 11.1 Å². The maximum absolute atomic E-state index is 13.6. The molecule has 3 nitrogen and oxygen atoms in total. The number of anilines is 1. The normalized spacial score (nSPS) is 11.9. The van der Waals surface area contributed by atoms with Crippen molar-refractivity contribution in [3.8, 4) is 0 Å². The predicted molar refractivity (Wildman–Crippen MR) is 78.1 cm³/mol. The van der Waals surface area contributed by atoms with Crippen molar-refractivity contribution in [3.63, 3.8) is 0 Å².